The van der Waals surface area contributed by atoms with E-state index in [4.69, 9.17) is 4.98 Å². The normalized spacial score (nSPS) is 30.6. The lowest BCUT2D eigenvalue weighted by atomic mass is 9.78. The van der Waals surface area contributed by atoms with E-state index >= 15 is 0 Å². The molecule has 1 saturated carbocycles. The third-order valence-corrected chi connectivity index (χ3v) is 7.05. The van der Waals surface area contributed by atoms with Crippen molar-refractivity contribution >= 4 is 11.6 Å². The van der Waals surface area contributed by atoms with Gasteiger partial charge in [-0.15, -0.1) is 0 Å². The first-order chi connectivity index (χ1) is 13.4. The first kappa shape index (κ1) is 19.6. The van der Waals surface area contributed by atoms with Crippen LogP contribution in [0, 0.1) is 5.92 Å². The zero-order valence-corrected chi connectivity index (χ0v) is 17.6. The van der Waals surface area contributed by atoms with Gasteiger partial charge in [0.1, 0.15) is 11.6 Å². The zero-order chi connectivity index (χ0) is 19.8. The molecular weight excluding hydrogens is 348 g/mol. The summed E-state index contributed by atoms with van der Waals surface area (Å²) >= 11 is 0. The van der Waals surface area contributed by atoms with Crippen molar-refractivity contribution in [2.45, 2.75) is 83.3 Å². The molecule has 4 rings (SSSR count). The number of carbonyl (C=O) groups is 1. The summed E-state index contributed by atoms with van der Waals surface area (Å²) in [5.74, 6) is 2.86. The Morgan fingerprint density at radius 1 is 1.11 bits per heavy atom. The fraction of sp³-hybridized carbons (Fsp3) is 0.696. The second-order valence-electron chi connectivity index (χ2n) is 9.31. The van der Waals surface area contributed by atoms with E-state index in [0.29, 0.717) is 29.6 Å². The average Bonchev–Trinajstić information content (AvgIpc) is 2.96. The molecule has 0 aromatic carbocycles. The van der Waals surface area contributed by atoms with Crippen LogP contribution in [0.2, 0.25) is 0 Å². The standard InChI is InChI=1S/C23H34N4O/c1-15(2)22(28)17-5-7-18(8-6-17)23-24-12-11-21(25-23)27-19-9-10-20(27)14-26(13-19)16(3)4/h11-12,16-20H,1,5-10,13-14H2,2-4H3/t17-,18+,19?,20?. The average molecular weight is 383 g/mol. The van der Waals surface area contributed by atoms with Gasteiger partial charge in [-0.1, -0.05) is 6.58 Å². The molecule has 2 unspecified atom stereocenters. The SMILES string of the molecule is C=C(C)C(=O)[C@H]1CC[C@@H](c2nccc(N3C4CCC3CN(C(C)C)C4)n2)CC1. The Hall–Kier alpha value is -1.75. The molecule has 3 aliphatic rings. The van der Waals surface area contributed by atoms with E-state index in [0.717, 1.165) is 50.4 Å². The largest absolute Gasteiger partial charge is 0.348 e. The van der Waals surface area contributed by atoms with Gasteiger partial charge < -0.3 is 4.90 Å². The molecule has 28 heavy (non-hydrogen) atoms. The highest BCUT2D eigenvalue weighted by atomic mass is 16.1. The highest BCUT2D eigenvalue weighted by Crippen LogP contribution is 2.38. The quantitative estimate of drug-likeness (QED) is 0.722. The number of Topliss-reactive ketones (excluding diaryl/α,β-unsaturated/α-hetero) is 1. The van der Waals surface area contributed by atoms with Crippen molar-refractivity contribution in [3.63, 3.8) is 0 Å². The molecule has 3 heterocycles. The van der Waals surface area contributed by atoms with Gasteiger partial charge in [0.15, 0.2) is 5.78 Å². The number of hydrogen-bond donors (Lipinski definition) is 0. The summed E-state index contributed by atoms with van der Waals surface area (Å²) in [6.07, 6.45) is 8.34. The van der Waals surface area contributed by atoms with Crippen molar-refractivity contribution in [1.82, 2.24) is 14.9 Å². The molecule has 2 saturated heterocycles. The summed E-state index contributed by atoms with van der Waals surface area (Å²) in [6.45, 7) is 12.5. The number of nitrogens with zero attached hydrogens (tertiary/aromatic N) is 4. The van der Waals surface area contributed by atoms with Crippen molar-refractivity contribution in [2.75, 3.05) is 18.0 Å². The van der Waals surface area contributed by atoms with E-state index in [1.54, 1.807) is 0 Å². The van der Waals surface area contributed by atoms with Crippen LogP contribution in [-0.4, -0.2) is 51.9 Å². The van der Waals surface area contributed by atoms with Crippen molar-refractivity contribution in [1.29, 1.82) is 0 Å². The fourth-order valence-electron chi connectivity index (χ4n) is 5.40. The molecule has 2 aliphatic heterocycles. The number of carbonyl (C=O) groups excluding carboxylic acids is 1. The van der Waals surface area contributed by atoms with Gasteiger partial charge in [-0.05, 0) is 70.9 Å². The Bertz CT molecular complexity index is 724. The molecule has 0 N–H and O–H groups in total. The number of piperazine rings is 1. The predicted molar refractivity (Wildman–Crippen MR) is 113 cm³/mol. The van der Waals surface area contributed by atoms with E-state index in [2.05, 4.69) is 41.3 Å². The molecule has 5 nitrogen and oxygen atoms in total. The third kappa shape index (κ3) is 3.73. The fourth-order valence-corrected chi connectivity index (χ4v) is 5.40. The van der Waals surface area contributed by atoms with Crippen LogP contribution in [0.25, 0.3) is 0 Å². The van der Waals surface area contributed by atoms with Gasteiger partial charge in [0.25, 0.3) is 0 Å². The minimum absolute atomic E-state index is 0.150. The van der Waals surface area contributed by atoms with Crippen LogP contribution in [-0.2, 0) is 4.79 Å². The van der Waals surface area contributed by atoms with Crippen molar-refractivity contribution < 1.29 is 4.79 Å². The van der Waals surface area contributed by atoms with Crippen molar-refractivity contribution in [3.05, 3.63) is 30.2 Å². The maximum absolute atomic E-state index is 12.2. The number of ketones is 1. The van der Waals surface area contributed by atoms with Gasteiger partial charge in [0.2, 0.25) is 0 Å². The molecular formula is C23H34N4O. The van der Waals surface area contributed by atoms with Gasteiger partial charge in [0, 0.05) is 49.2 Å². The Morgan fingerprint density at radius 3 is 2.32 bits per heavy atom. The first-order valence-corrected chi connectivity index (χ1v) is 11.0. The Morgan fingerprint density at radius 2 is 1.75 bits per heavy atom. The van der Waals surface area contributed by atoms with Crippen LogP contribution in [0.4, 0.5) is 5.82 Å². The van der Waals surface area contributed by atoms with Gasteiger partial charge in [0.05, 0.1) is 0 Å². The molecule has 2 atom stereocenters. The summed E-state index contributed by atoms with van der Waals surface area (Å²) < 4.78 is 0. The van der Waals surface area contributed by atoms with Crippen LogP contribution < -0.4 is 4.90 Å². The second-order valence-corrected chi connectivity index (χ2v) is 9.31. The monoisotopic (exact) mass is 382 g/mol. The topological polar surface area (TPSA) is 49.3 Å². The van der Waals surface area contributed by atoms with E-state index in [1.807, 2.05) is 13.1 Å². The van der Waals surface area contributed by atoms with Crippen LogP contribution >= 0.6 is 0 Å². The smallest absolute Gasteiger partial charge is 0.161 e. The van der Waals surface area contributed by atoms with E-state index in [9.17, 15) is 4.79 Å². The number of fused-ring (bicyclic) bond motifs is 2. The predicted octanol–water partition coefficient (Wildman–Crippen LogP) is 3.96. The molecule has 1 aliphatic carbocycles. The number of likely N-dealkylation sites (tertiary alicyclic amines) is 1. The lowest BCUT2D eigenvalue weighted by Crippen LogP contribution is -2.55. The molecule has 2 bridgehead atoms. The molecule has 0 amide bonds. The van der Waals surface area contributed by atoms with Crippen molar-refractivity contribution in [2.24, 2.45) is 5.92 Å². The molecule has 0 radical (unpaired) electrons. The highest BCUT2D eigenvalue weighted by molar-refractivity contribution is 5.96. The number of aromatic nitrogens is 2. The van der Waals surface area contributed by atoms with Crippen LogP contribution in [0.5, 0.6) is 0 Å². The summed E-state index contributed by atoms with van der Waals surface area (Å²) in [5.41, 5.74) is 0.692. The number of rotatable bonds is 5. The summed E-state index contributed by atoms with van der Waals surface area (Å²) in [6, 6.07) is 3.86. The number of anilines is 1. The molecule has 0 spiro atoms. The van der Waals surface area contributed by atoms with Gasteiger partial charge in [-0.3, -0.25) is 9.69 Å². The Labute approximate surface area is 169 Å². The molecule has 152 valence electrons. The van der Waals surface area contributed by atoms with Crippen molar-refractivity contribution in [3.8, 4) is 0 Å². The highest BCUT2D eigenvalue weighted by Gasteiger charge is 2.41. The van der Waals surface area contributed by atoms with Gasteiger partial charge in [-0.2, -0.15) is 0 Å². The maximum atomic E-state index is 12.2. The number of allylic oxidation sites excluding steroid dienone is 1. The maximum Gasteiger partial charge on any atom is 0.161 e. The molecule has 1 aromatic heterocycles. The van der Waals surface area contributed by atoms with E-state index in [1.165, 1.54) is 12.8 Å². The minimum atomic E-state index is 0.150. The minimum Gasteiger partial charge on any atom is -0.348 e. The summed E-state index contributed by atoms with van der Waals surface area (Å²) in [4.78, 5) is 27.1. The molecule has 3 fully saturated rings. The Kier molecular flexibility index (Phi) is 5.55. The lowest BCUT2D eigenvalue weighted by Gasteiger charge is -2.43. The van der Waals surface area contributed by atoms with E-state index in [-0.39, 0.29) is 11.7 Å². The molecule has 1 aromatic rings. The second kappa shape index (κ2) is 7.94. The van der Waals surface area contributed by atoms with Crippen LogP contribution in [0.3, 0.4) is 0 Å². The summed E-state index contributed by atoms with van der Waals surface area (Å²) in [5, 5.41) is 0. The van der Waals surface area contributed by atoms with Crippen LogP contribution in [0.15, 0.2) is 24.4 Å². The Balaban J connectivity index is 1.45. The molecule has 5 heteroatoms. The lowest BCUT2D eigenvalue weighted by molar-refractivity contribution is -0.120. The van der Waals surface area contributed by atoms with Gasteiger partial charge in [-0.25, -0.2) is 9.97 Å². The summed E-state index contributed by atoms with van der Waals surface area (Å²) in [7, 11) is 0. The third-order valence-electron chi connectivity index (χ3n) is 7.05. The number of hydrogen-bond acceptors (Lipinski definition) is 5. The van der Waals surface area contributed by atoms with Crippen LogP contribution in [0.1, 0.15) is 71.0 Å². The van der Waals surface area contributed by atoms with E-state index < -0.39 is 0 Å². The zero-order valence-electron chi connectivity index (χ0n) is 17.6. The first-order valence-electron chi connectivity index (χ1n) is 11.0. The van der Waals surface area contributed by atoms with Gasteiger partial charge >= 0.3 is 0 Å².